The van der Waals surface area contributed by atoms with Gasteiger partial charge in [-0.15, -0.1) is 0 Å². The van der Waals surface area contributed by atoms with Gasteiger partial charge in [0.05, 0.1) is 6.04 Å². The molecule has 0 aromatic rings. The van der Waals surface area contributed by atoms with Crippen LogP contribution in [0.25, 0.3) is 0 Å². The standard InChI is InChI=1S/C11H22N2O/c1-7(12-6)8(14)13-9-10(2,3)11(9,4)5/h7,9,12H,1-6H3,(H,13,14). The van der Waals surface area contributed by atoms with Crippen molar-refractivity contribution >= 4 is 5.91 Å². The molecule has 3 heteroatoms. The van der Waals surface area contributed by atoms with Crippen LogP contribution in [0.5, 0.6) is 0 Å². The average Bonchev–Trinajstić information content (AvgIpc) is 2.46. The van der Waals surface area contributed by atoms with E-state index in [0.29, 0.717) is 6.04 Å². The number of nitrogens with one attached hydrogen (secondary N) is 2. The Hall–Kier alpha value is -0.570. The van der Waals surface area contributed by atoms with Gasteiger partial charge in [-0.3, -0.25) is 4.79 Å². The second-order valence-electron chi connectivity index (χ2n) is 5.40. The normalized spacial score (nSPS) is 25.6. The van der Waals surface area contributed by atoms with Crippen molar-refractivity contribution in [1.29, 1.82) is 0 Å². The molecule has 0 radical (unpaired) electrons. The summed E-state index contributed by atoms with van der Waals surface area (Å²) in [6.07, 6.45) is 0. The minimum absolute atomic E-state index is 0.0937. The Morgan fingerprint density at radius 2 is 1.64 bits per heavy atom. The van der Waals surface area contributed by atoms with Gasteiger partial charge in [0.2, 0.25) is 5.91 Å². The Morgan fingerprint density at radius 1 is 1.21 bits per heavy atom. The molecule has 82 valence electrons. The molecular formula is C11H22N2O. The van der Waals surface area contributed by atoms with Crippen molar-refractivity contribution in [3.8, 4) is 0 Å². The van der Waals surface area contributed by atoms with Crippen LogP contribution in [0.15, 0.2) is 0 Å². The summed E-state index contributed by atoms with van der Waals surface area (Å²) < 4.78 is 0. The molecule has 1 aliphatic carbocycles. The zero-order valence-electron chi connectivity index (χ0n) is 10.1. The van der Waals surface area contributed by atoms with Gasteiger partial charge in [0.1, 0.15) is 0 Å². The van der Waals surface area contributed by atoms with Crippen molar-refractivity contribution in [2.45, 2.75) is 46.7 Å². The highest BCUT2D eigenvalue weighted by atomic mass is 16.2. The lowest BCUT2D eigenvalue weighted by atomic mass is 10.0. The third-order valence-corrected chi connectivity index (χ3v) is 4.13. The van der Waals surface area contributed by atoms with Crippen LogP contribution in [0.4, 0.5) is 0 Å². The summed E-state index contributed by atoms with van der Waals surface area (Å²) in [4.78, 5) is 11.6. The van der Waals surface area contributed by atoms with Gasteiger partial charge >= 0.3 is 0 Å². The van der Waals surface area contributed by atoms with Gasteiger partial charge in [0.25, 0.3) is 0 Å². The highest BCUT2D eigenvalue weighted by Crippen LogP contribution is 2.62. The second-order valence-corrected chi connectivity index (χ2v) is 5.40. The molecule has 0 aromatic carbocycles. The summed E-state index contributed by atoms with van der Waals surface area (Å²) in [6.45, 7) is 10.7. The van der Waals surface area contributed by atoms with Crippen molar-refractivity contribution in [2.75, 3.05) is 7.05 Å². The average molecular weight is 198 g/mol. The van der Waals surface area contributed by atoms with Gasteiger partial charge in [-0.05, 0) is 24.8 Å². The lowest BCUT2D eigenvalue weighted by Gasteiger charge is -2.12. The summed E-state index contributed by atoms with van der Waals surface area (Å²) in [5.41, 5.74) is 0.437. The predicted molar refractivity (Wildman–Crippen MR) is 58.0 cm³/mol. The molecule has 1 aliphatic rings. The predicted octanol–water partition coefficient (Wildman–Crippen LogP) is 1.15. The van der Waals surface area contributed by atoms with E-state index in [2.05, 4.69) is 38.3 Å². The molecule has 14 heavy (non-hydrogen) atoms. The molecule has 1 rings (SSSR count). The fraction of sp³-hybridized carbons (Fsp3) is 0.909. The van der Waals surface area contributed by atoms with Crippen LogP contribution in [0, 0.1) is 10.8 Å². The first-order valence-corrected chi connectivity index (χ1v) is 5.22. The fourth-order valence-corrected chi connectivity index (χ4v) is 1.96. The van der Waals surface area contributed by atoms with Gasteiger partial charge < -0.3 is 10.6 Å². The summed E-state index contributed by atoms with van der Waals surface area (Å²) in [7, 11) is 1.80. The Bertz CT molecular complexity index is 232. The SMILES string of the molecule is CNC(C)C(=O)NC1C(C)(C)C1(C)C. The van der Waals surface area contributed by atoms with Crippen molar-refractivity contribution < 1.29 is 4.79 Å². The fourth-order valence-electron chi connectivity index (χ4n) is 1.96. The molecule has 0 aromatic heterocycles. The van der Waals surface area contributed by atoms with Gasteiger partial charge in [0, 0.05) is 6.04 Å². The first-order valence-electron chi connectivity index (χ1n) is 5.22. The molecule has 1 unspecified atom stereocenters. The second kappa shape index (κ2) is 3.23. The minimum Gasteiger partial charge on any atom is -0.351 e. The van der Waals surface area contributed by atoms with E-state index in [9.17, 15) is 4.79 Å². The van der Waals surface area contributed by atoms with E-state index in [4.69, 9.17) is 0 Å². The van der Waals surface area contributed by atoms with E-state index in [-0.39, 0.29) is 22.8 Å². The molecular weight excluding hydrogens is 176 g/mol. The number of amides is 1. The zero-order valence-corrected chi connectivity index (χ0v) is 10.1. The maximum absolute atomic E-state index is 11.6. The third-order valence-electron chi connectivity index (χ3n) is 4.13. The molecule has 1 fully saturated rings. The molecule has 0 saturated heterocycles. The largest absolute Gasteiger partial charge is 0.351 e. The van der Waals surface area contributed by atoms with Crippen LogP contribution < -0.4 is 10.6 Å². The lowest BCUT2D eigenvalue weighted by molar-refractivity contribution is -0.123. The quantitative estimate of drug-likeness (QED) is 0.714. The van der Waals surface area contributed by atoms with E-state index in [0.717, 1.165) is 0 Å². The molecule has 1 amide bonds. The monoisotopic (exact) mass is 198 g/mol. The van der Waals surface area contributed by atoms with Crippen LogP contribution >= 0.6 is 0 Å². The Kier molecular flexibility index (Phi) is 2.65. The molecule has 0 bridgehead atoms. The molecule has 2 N–H and O–H groups in total. The van der Waals surface area contributed by atoms with E-state index in [1.54, 1.807) is 7.05 Å². The van der Waals surface area contributed by atoms with E-state index in [1.165, 1.54) is 0 Å². The zero-order chi connectivity index (χ0) is 11.1. The smallest absolute Gasteiger partial charge is 0.237 e. The van der Waals surface area contributed by atoms with Gasteiger partial charge in [-0.1, -0.05) is 27.7 Å². The molecule has 1 saturated carbocycles. The topological polar surface area (TPSA) is 41.1 Å². The number of carbonyl (C=O) groups excluding carboxylic acids is 1. The van der Waals surface area contributed by atoms with Crippen LogP contribution in [-0.4, -0.2) is 25.0 Å². The summed E-state index contributed by atoms with van der Waals surface area (Å²) in [5, 5.41) is 6.02. The highest BCUT2D eigenvalue weighted by Gasteiger charge is 2.65. The molecule has 3 nitrogen and oxygen atoms in total. The Balaban J connectivity index is 2.53. The molecule has 1 atom stereocenters. The van der Waals surface area contributed by atoms with E-state index >= 15 is 0 Å². The maximum Gasteiger partial charge on any atom is 0.237 e. The number of rotatable bonds is 3. The van der Waals surface area contributed by atoms with Gasteiger partial charge in [-0.2, -0.15) is 0 Å². The van der Waals surface area contributed by atoms with Crippen LogP contribution in [-0.2, 0) is 4.79 Å². The van der Waals surface area contributed by atoms with Gasteiger partial charge in [0.15, 0.2) is 0 Å². The van der Waals surface area contributed by atoms with Crippen molar-refractivity contribution in [3.63, 3.8) is 0 Å². The highest BCUT2D eigenvalue weighted by molar-refractivity contribution is 5.82. The first kappa shape index (κ1) is 11.5. The summed E-state index contributed by atoms with van der Waals surface area (Å²) in [5.74, 6) is 0.0937. The Labute approximate surface area is 86.6 Å². The maximum atomic E-state index is 11.6. The van der Waals surface area contributed by atoms with Crippen LogP contribution in [0.2, 0.25) is 0 Å². The van der Waals surface area contributed by atoms with E-state index in [1.807, 2.05) is 6.92 Å². The summed E-state index contributed by atoms with van der Waals surface area (Å²) in [6, 6.07) is 0.195. The van der Waals surface area contributed by atoms with Crippen molar-refractivity contribution in [1.82, 2.24) is 10.6 Å². The number of hydrogen-bond donors (Lipinski definition) is 2. The van der Waals surface area contributed by atoms with E-state index < -0.39 is 0 Å². The van der Waals surface area contributed by atoms with Crippen LogP contribution in [0.1, 0.15) is 34.6 Å². The lowest BCUT2D eigenvalue weighted by Crippen LogP contribution is -2.42. The minimum atomic E-state index is -0.109. The first-order chi connectivity index (χ1) is 6.25. The third kappa shape index (κ3) is 1.54. The van der Waals surface area contributed by atoms with Crippen molar-refractivity contribution in [3.05, 3.63) is 0 Å². The number of carbonyl (C=O) groups is 1. The number of likely N-dealkylation sites (N-methyl/N-ethyl adjacent to an activating group) is 1. The summed E-state index contributed by atoms with van der Waals surface area (Å²) >= 11 is 0. The molecule has 0 aliphatic heterocycles. The van der Waals surface area contributed by atoms with Gasteiger partial charge in [-0.25, -0.2) is 0 Å². The van der Waals surface area contributed by atoms with Crippen molar-refractivity contribution in [2.24, 2.45) is 10.8 Å². The Morgan fingerprint density at radius 3 is 1.93 bits per heavy atom. The number of hydrogen-bond acceptors (Lipinski definition) is 2. The molecule has 0 spiro atoms. The molecule has 0 heterocycles. The van der Waals surface area contributed by atoms with Crippen LogP contribution in [0.3, 0.4) is 0 Å².